The number of benzene rings is 1. The first-order chi connectivity index (χ1) is 11.6. The summed E-state index contributed by atoms with van der Waals surface area (Å²) < 4.78 is 15.3. The van der Waals surface area contributed by atoms with Crippen LogP contribution in [0.1, 0.15) is 23.4 Å². The van der Waals surface area contributed by atoms with Crippen molar-refractivity contribution in [2.75, 3.05) is 25.6 Å². The number of anilines is 1. The Morgan fingerprint density at radius 2 is 2.00 bits per heavy atom. The van der Waals surface area contributed by atoms with Crippen molar-refractivity contribution in [2.45, 2.75) is 18.9 Å². The number of hydrogen-bond donors (Lipinski definition) is 2. The fraction of sp³-hybridized carbons (Fsp3) is 0.412. The lowest BCUT2D eigenvalue weighted by molar-refractivity contribution is -0.119. The van der Waals surface area contributed by atoms with Gasteiger partial charge >= 0.3 is 5.97 Å². The van der Waals surface area contributed by atoms with Crippen molar-refractivity contribution in [2.24, 2.45) is 11.7 Å². The first-order valence-electron chi connectivity index (χ1n) is 7.84. The van der Waals surface area contributed by atoms with E-state index in [1.54, 1.807) is 24.3 Å². The molecule has 0 bridgehead atoms. The Balaban J connectivity index is 0.00000225. The smallest absolute Gasteiger partial charge is 0.373 e. The summed E-state index contributed by atoms with van der Waals surface area (Å²) in [6.07, 6.45) is 1.58. The second-order valence-electron chi connectivity index (χ2n) is 5.82. The molecule has 1 aromatic carbocycles. The van der Waals surface area contributed by atoms with E-state index in [1.807, 2.05) is 0 Å². The van der Waals surface area contributed by atoms with Crippen molar-refractivity contribution in [1.82, 2.24) is 0 Å². The fourth-order valence-corrected chi connectivity index (χ4v) is 2.84. The summed E-state index contributed by atoms with van der Waals surface area (Å²) in [4.78, 5) is 23.8. The molecule has 1 aliphatic rings. The maximum Gasteiger partial charge on any atom is 0.373 e. The van der Waals surface area contributed by atoms with Crippen molar-refractivity contribution in [3.63, 3.8) is 0 Å². The summed E-state index contributed by atoms with van der Waals surface area (Å²) in [5.74, 6) is -0.520. The number of nitrogens with one attached hydrogen (secondary N) is 1. The maximum atomic E-state index is 12.3. The summed E-state index contributed by atoms with van der Waals surface area (Å²) in [5.41, 5.74) is 7.21. The zero-order valence-corrected chi connectivity index (χ0v) is 14.6. The van der Waals surface area contributed by atoms with Crippen LogP contribution in [0.2, 0.25) is 0 Å². The molecule has 1 aromatic heterocycles. The van der Waals surface area contributed by atoms with E-state index >= 15 is 0 Å². The molecule has 1 unspecified atom stereocenters. The number of esters is 1. The van der Waals surface area contributed by atoms with Gasteiger partial charge in [-0.1, -0.05) is 0 Å². The molecule has 3 N–H and O–H groups in total. The predicted molar refractivity (Wildman–Crippen MR) is 94.9 cm³/mol. The monoisotopic (exact) mass is 368 g/mol. The number of halogens is 1. The number of fused-ring (bicyclic) bond motifs is 1. The van der Waals surface area contributed by atoms with Gasteiger partial charge in [0.05, 0.1) is 13.2 Å². The average molecular weight is 369 g/mol. The fourth-order valence-electron chi connectivity index (χ4n) is 2.84. The highest BCUT2D eigenvalue weighted by Gasteiger charge is 2.26. The highest BCUT2D eigenvalue weighted by molar-refractivity contribution is 5.98. The lowest BCUT2D eigenvalue weighted by Crippen LogP contribution is -2.43. The highest BCUT2D eigenvalue weighted by atomic mass is 35.5. The highest BCUT2D eigenvalue weighted by Crippen LogP contribution is 2.24. The second-order valence-corrected chi connectivity index (χ2v) is 5.82. The largest absolute Gasteiger partial charge is 0.463 e. The second kappa shape index (κ2) is 8.33. The summed E-state index contributed by atoms with van der Waals surface area (Å²) in [7, 11) is 1.29. The zero-order chi connectivity index (χ0) is 17.1. The number of rotatable bonds is 4. The molecule has 1 fully saturated rings. The molecule has 0 spiro atoms. The topological polar surface area (TPSA) is 104 Å². The van der Waals surface area contributed by atoms with Gasteiger partial charge in [0.25, 0.3) is 0 Å². The molecule has 0 aliphatic carbocycles. The Bertz CT molecular complexity index is 755. The molecule has 136 valence electrons. The van der Waals surface area contributed by atoms with E-state index in [-0.39, 0.29) is 30.0 Å². The Morgan fingerprint density at radius 1 is 1.28 bits per heavy atom. The summed E-state index contributed by atoms with van der Waals surface area (Å²) >= 11 is 0. The molecule has 0 radical (unpaired) electrons. The van der Waals surface area contributed by atoms with Crippen molar-refractivity contribution in [3.8, 4) is 0 Å². The molecule has 1 amide bonds. The molecule has 3 rings (SSSR count). The molecule has 1 saturated heterocycles. The number of amides is 1. The van der Waals surface area contributed by atoms with E-state index in [1.165, 1.54) is 7.11 Å². The van der Waals surface area contributed by atoms with Gasteiger partial charge < -0.3 is 24.9 Å². The lowest BCUT2D eigenvalue weighted by atomic mass is 9.92. The normalized spacial score (nSPS) is 16.1. The number of ether oxygens (including phenoxy) is 2. The summed E-state index contributed by atoms with van der Waals surface area (Å²) in [6.45, 7) is 1.28. The van der Waals surface area contributed by atoms with Gasteiger partial charge in [-0.2, -0.15) is 0 Å². The first-order valence-corrected chi connectivity index (χ1v) is 7.84. The van der Waals surface area contributed by atoms with Gasteiger partial charge in [0.1, 0.15) is 5.58 Å². The molecular weight excluding hydrogens is 348 g/mol. The van der Waals surface area contributed by atoms with Crippen LogP contribution in [0.25, 0.3) is 11.0 Å². The van der Waals surface area contributed by atoms with Gasteiger partial charge in [-0.15, -0.1) is 12.4 Å². The van der Waals surface area contributed by atoms with Crippen LogP contribution in [-0.4, -0.2) is 38.2 Å². The third-order valence-corrected chi connectivity index (χ3v) is 4.25. The van der Waals surface area contributed by atoms with Crippen LogP contribution in [0, 0.1) is 5.92 Å². The van der Waals surface area contributed by atoms with Crippen LogP contribution in [0.3, 0.4) is 0 Å². The molecule has 1 aliphatic heterocycles. The van der Waals surface area contributed by atoms with Crippen LogP contribution in [0.4, 0.5) is 5.69 Å². The van der Waals surface area contributed by atoms with Crippen LogP contribution in [-0.2, 0) is 14.3 Å². The Morgan fingerprint density at radius 3 is 2.68 bits per heavy atom. The minimum absolute atomic E-state index is 0. The lowest BCUT2D eigenvalue weighted by Gasteiger charge is -2.26. The summed E-state index contributed by atoms with van der Waals surface area (Å²) in [5, 5.41) is 3.52. The van der Waals surface area contributed by atoms with Crippen molar-refractivity contribution >= 4 is 40.9 Å². The molecule has 1 atom stereocenters. The van der Waals surface area contributed by atoms with Crippen LogP contribution < -0.4 is 11.1 Å². The molecule has 2 heterocycles. The number of carbonyl (C=O) groups excluding carboxylic acids is 2. The van der Waals surface area contributed by atoms with Gasteiger partial charge in [0.2, 0.25) is 11.7 Å². The quantitative estimate of drug-likeness (QED) is 0.803. The maximum absolute atomic E-state index is 12.3. The van der Waals surface area contributed by atoms with Gasteiger partial charge in [-0.3, -0.25) is 4.79 Å². The van der Waals surface area contributed by atoms with E-state index in [0.717, 1.165) is 12.8 Å². The number of carbonyl (C=O) groups is 2. The van der Waals surface area contributed by atoms with Gasteiger partial charge in [-0.05, 0) is 43.0 Å². The number of furan rings is 1. The number of nitrogens with two attached hydrogens (primary N) is 1. The minimum atomic E-state index is -0.570. The Labute approximate surface area is 151 Å². The average Bonchev–Trinajstić information content (AvgIpc) is 3.04. The van der Waals surface area contributed by atoms with E-state index in [0.29, 0.717) is 29.9 Å². The van der Waals surface area contributed by atoms with Crippen molar-refractivity contribution < 1.29 is 23.5 Å². The third kappa shape index (κ3) is 4.31. The zero-order valence-electron chi connectivity index (χ0n) is 13.8. The molecule has 2 aromatic rings. The standard InChI is InChI=1S/C17H20N2O5.ClH/c1-22-17(21)14-9-11-8-12(2-3-13(11)24-14)19-16(20)15(18)10-4-6-23-7-5-10;/h2-3,8-10,15H,4-7,18H2,1H3,(H,19,20);1H. The predicted octanol–water partition coefficient (Wildman–Crippen LogP) is 2.33. The minimum Gasteiger partial charge on any atom is -0.463 e. The van der Waals surface area contributed by atoms with Crippen molar-refractivity contribution in [1.29, 1.82) is 0 Å². The summed E-state index contributed by atoms with van der Waals surface area (Å²) in [6, 6.07) is 6.15. The van der Waals surface area contributed by atoms with Crippen LogP contribution in [0.15, 0.2) is 28.7 Å². The number of hydrogen-bond acceptors (Lipinski definition) is 6. The Hall–Kier alpha value is -2.09. The van der Waals surface area contributed by atoms with E-state index < -0.39 is 12.0 Å². The van der Waals surface area contributed by atoms with Crippen LogP contribution in [0.5, 0.6) is 0 Å². The first kappa shape index (κ1) is 19.2. The van der Waals surface area contributed by atoms with Crippen molar-refractivity contribution in [3.05, 3.63) is 30.0 Å². The Kier molecular flexibility index (Phi) is 6.41. The molecule has 7 nitrogen and oxygen atoms in total. The molecule has 8 heteroatoms. The third-order valence-electron chi connectivity index (χ3n) is 4.25. The van der Waals surface area contributed by atoms with Gasteiger partial charge in [0.15, 0.2) is 0 Å². The SMILES string of the molecule is COC(=O)c1cc2cc(NC(=O)C(N)C3CCOCC3)ccc2o1.Cl. The molecule has 25 heavy (non-hydrogen) atoms. The van der Waals surface area contributed by atoms with Gasteiger partial charge in [-0.25, -0.2) is 4.79 Å². The van der Waals surface area contributed by atoms with E-state index in [2.05, 4.69) is 10.1 Å². The molecule has 0 saturated carbocycles. The van der Waals surface area contributed by atoms with Crippen LogP contribution >= 0.6 is 12.4 Å². The molecular formula is C17H21ClN2O5. The number of methoxy groups -OCH3 is 1. The van der Waals surface area contributed by atoms with Gasteiger partial charge in [0, 0.05) is 24.3 Å². The van der Waals surface area contributed by atoms with E-state index in [4.69, 9.17) is 14.9 Å². The van der Waals surface area contributed by atoms with E-state index in [9.17, 15) is 9.59 Å².